The highest BCUT2D eigenvalue weighted by molar-refractivity contribution is 6.07. The lowest BCUT2D eigenvalue weighted by Crippen LogP contribution is -2.11. The van der Waals surface area contributed by atoms with Crippen LogP contribution < -0.4 is 4.74 Å². The molecule has 0 unspecified atom stereocenters. The molecule has 1 N–H and O–H groups in total. The van der Waals surface area contributed by atoms with Gasteiger partial charge in [-0.15, -0.1) is 12.4 Å². The molecule has 0 saturated carbocycles. The van der Waals surface area contributed by atoms with Crippen LogP contribution in [0.5, 0.6) is 11.5 Å². The number of halogens is 1. The lowest BCUT2D eigenvalue weighted by atomic mass is 10.0. The van der Waals surface area contributed by atoms with Crippen LogP contribution in [0.25, 0.3) is 22.0 Å². The highest BCUT2D eigenvalue weighted by Gasteiger charge is 2.24. The molecule has 0 aliphatic heterocycles. The maximum absolute atomic E-state index is 12.8. The summed E-state index contributed by atoms with van der Waals surface area (Å²) in [5.74, 6) is 0.198. The Morgan fingerprint density at radius 2 is 1.87 bits per heavy atom. The van der Waals surface area contributed by atoms with Crippen molar-refractivity contribution in [2.75, 3.05) is 6.61 Å². The summed E-state index contributed by atoms with van der Waals surface area (Å²) >= 11 is 0. The van der Waals surface area contributed by atoms with Crippen LogP contribution in [0.4, 0.5) is 0 Å². The van der Waals surface area contributed by atoms with E-state index in [1.165, 1.54) is 0 Å². The number of esters is 1. The fraction of sp³-hybridized carbons (Fsp3) is 0.174. The van der Waals surface area contributed by atoms with Gasteiger partial charge in [0.1, 0.15) is 18.1 Å². The van der Waals surface area contributed by atoms with Crippen molar-refractivity contribution in [3.63, 3.8) is 0 Å². The van der Waals surface area contributed by atoms with Crippen LogP contribution in [-0.4, -0.2) is 32.2 Å². The fourth-order valence-corrected chi connectivity index (χ4v) is 3.46. The number of aromatic hydroxyl groups is 1. The molecule has 0 radical (unpaired) electrons. The number of ether oxygens (including phenoxy) is 2. The molecule has 1 aromatic carbocycles. The summed E-state index contributed by atoms with van der Waals surface area (Å²) in [4.78, 5) is 20.9. The average Bonchev–Trinajstić information content (AvgIpc) is 3.04. The lowest BCUT2D eigenvalue weighted by molar-refractivity contribution is 0.0525. The van der Waals surface area contributed by atoms with E-state index in [1.807, 2.05) is 23.7 Å². The van der Waals surface area contributed by atoms with Crippen molar-refractivity contribution >= 4 is 29.3 Å². The largest absolute Gasteiger partial charge is 0.507 e. The number of phenols is 1. The summed E-state index contributed by atoms with van der Waals surface area (Å²) in [5.41, 5.74) is 3.22. The Hall–Kier alpha value is -3.58. The Kier molecular flexibility index (Phi) is 6.77. The molecule has 0 amide bonds. The van der Waals surface area contributed by atoms with E-state index in [9.17, 15) is 9.90 Å². The maximum Gasteiger partial charge on any atom is 0.340 e. The first kappa shape index (κ1) is 22.1. The third kappa shape index (κ3) is 4.32. The third-order valence-corrected chi connectivity index (χ3v) is 4.90. The highest BCUT2D eigenvalue weighted by atomic mass is 35.5. The number of pyridine rings is 2. The molecule has 0 fully saturated rings. The standard InChI is InChI=1S/C23H21N3O4.ClH/c1-3-29-23(28)22-18-11-21(27)17(15-6-4-8-24-12-15)10-19(18)26(2)20(22)14-30-16-7-5-9-25-13-16;/h4-13,27H,3,14H2,1-2H3;1H. The van der Waals surface area contributed by atoms with Crippen LogP contribution in [0, 0.1) is 0 Å². The number of carbonyl (C=O) groups is 1. The van der Waals surface area contributed by atoms with Crippen molar-refractivity contribution in [2.24, 2.45) is 7.05 Å². The van der Waals surface area contributed by atoms with Gasteiger partial charge < -0.3 is 19.1 Å². The predicted molar refractivity (Wildman–Crippen MR) is 120 cm³/mol. The minimum absolute atomic E-state index is 0. The minimum atomic E-state index is -0.457. The topological polar surface area (TPSA) is 86.5 Å². The Bertz CT molecular complexity index is 1190. The molecule has 7 nitrogen and oxygen atoms in total. The summed E-state index contributed by atoms with van der Waals surface area (Å²) in [5, 5.41) is 11.3. The van der Waals surface area contributed by atoms with E-state index < -0.39 is 5.97 Å². The first-order valence-electron chi connectivity index (χ1n) is 9.54. The van der Waals surface area contributed by atoms with Gasteiger partial charge in [-0.1, -0.05) is 6.07 Å². The van der Waals surface area contributed by atoms with Crippen molar-refractivity contribution in [1.29, 1.82) is 0 Å². The van der Waals surface area contributed by atoms with E-state index in [4.69, 9.17) is 9.47 Å². The zero-order valence-electron chi connectivity index (χ0n) is 17.1. The molecular formula is C23H22ClN3O4. The summed E-state index contributed by atoms with van der Waals surface area (Å²) < 4.78 is 13.0. The number of carbonyl (C=O) groups excluding carboxylic acids is 1. The van der Waals surface area contributed by atoms with Gasteiger partial charge in [0.2, 0.25) is 0 Å². The molecule has 3 aromatic heterocycles. The van der Waals surface area contributed by atoms with E-state index in [2.05, 4.69) is 9.97 Å². The number of aromatic nitrogens is 3. The van der Waals surface area contributed by atoms with Crippen LogP contribution in [-0.2, 0) is 18.4 Å². The Morgan fingerprint density at radius 3 is 2.52 bits per heavy atom. The summed E-state index contributed by atoms with van der Waals surface area (Å²) in [6.07, 6.45) is 6.63. The normalized spacial score (nSPS) is 10.5. The maximum atomic E-state index is 12.8. The number of phenolic OH excluding ortho intramolecular Hbond substituents is 1. The van der Waals surface area contributed by atoms with Gasteiger partial charge in [0.25, 0.3) is 0 Å². The number of fused-ring (bicyclic) bond motifs is 1. The second-order valence-corrected chi connectivity index (χ2v) is 6.71. The number of benzene rings is 1. The van der Waals surface area contributed by atoms with Crippen LogP contribution in [0.3, 0.4) is 0 Å². The van der Waals surface area contributed by atoms with E-state index in [0.717, 1.165) is 11.1 Å². The molecule has 0 aliphatic carbocycles. The Balaban J connectivity index is 0.00000272. The Morgan fingerprint density at radius 1 is 1.13 bits per heavy atom. The molecule has 0 bridgehead atoms. The number of rotatable bonds is 6. The van der Waals surface area contributed by atoms with E-state index in [0.29, 0.717) is 28.0 Å². The summed E-state index contributed by atoms with van der Waals surface area (Å²) in [7, 11) is 1.86. The van der Waals surface area contributed by atoms with Crippen LogP contribution >= 0.6 is 12.4 Å². The number of hydrogen-bond donors (Lipinski definition) is 1. The molecule has 0 spiro atoms. The lowest BCUT2D eigenvalue weighted by Gasteiger charge is -2.09. The fourth-order valence-electron chi connectivity index (χ4n) is 3.46. The van der Waals surface area contributed by atoms with Gasteiger partial charge in [-0.3, -0.25) is 9.97 Å². The Labute approximate surface area is 185 Å². The second-order valence-electron chi connectivity index (χ2n) is 6.71. The van der Waals surface area contributed by atoms with Gasteiger partial charge in [0.05, 0.1) is 24.1 Å². The molecule has 160 valence electrons. The van der Waals surface area contributed by atoms with Gasteiger partial charge in [-0.2, -0.15) is 0 Å². The zero-order valence-corrected chi connectivity index (χ0v) is 17.9. The molecule has 31 heavy (non-hydrogen) atoms. The van der Waals surface area contributed by atoms with Crippen LogP contribution in [0.2, 0.25) is 0 Å². The number of aryl methyl sites for hydroxylation is 1. The molecule has 4 aromatic rings. The van der Waals surface area contributed by atoms with Crippen molar-refractivity contribution in [1.82, 2.24) is 14.5 Å². The van der Waals surface area contributed by atoms with Crippen molar-refractivity contribution in [2.45, 2.75) is 13.5 Å². The van der Waals surface area contributed by atoms with Crippen molar-refractivity contribution < 1.29 is 19.4 Å². The average molecular weight is 440 g/mol. The molecule has 0 saturated heterocycles. The van der Waals surface area contributed by atoms with Gasteiger partial charge >= 0.3 is 5.97 Å². The molecule has 3 heterocycles. The van der Waals surface area contributed by atoms with E-state index in [-0.39, 0.29) is 31.4 Å². The number of nitrogens with zero attached hydrogens (tertiary/aromatic N) is 3. The van der Waals surface area contributed by atoms with E-state index in [1.54, 1.807) is 56.0 Å². The molecule has 8 heteroatoms. The zero-order chi connectivity index (χ0) is 21.1. The van der Waals surface area contributed by atoms with Gasteiger partial charge in [0.15, 0.2) is 0 Å². The first-order chi connectivity index (χ1) is 14.6. The number of hydrogen-bond acceptors (Lipinski definition) is 6. The predicted octanol–water partition coefficient (Wildman–Crippen LogP) is 4.52. The van der Waals surface area contributed by atoms with Gasteiger partial charge in [-0.05, 0) is 37.3 Å². The summed E-state index contributed by atoms with van der Waals surface area (Å²) in [6, 6.07) is 10.7. The highest BCUT2D eigenvalue weighted by Crippen LogP contribution is 2.37. The molecule has 0 aliphatic rings. The molecular weight excluding hydrogens is 418 g/mol. The van der Waals surface area contributed by atoms with E-state index >= 15 is 0 Å². The molecule has 0 atom stereocenters. The van der Waals surface area contributed by atoms with Gasteiger partial charge in [-0.25, -0.2) is 4.79 Å². The third-order valence-electron chi connectivity index (χ3n) is 4.90. The summed E-state index contributed by atoms with van der Waals surface area (Å²) in [6.45, 7) is 2.15. The minimum Gasteiger partial charge on any atom is -0.507 e. The smallest absolute Gasteiger partial charge is 0.340 e. The van der Waals surface area contributed by atoms with Crippen LogP contribution in [0.1, 0.15) is 23.0 Å². The quantitative estimate of drug-likeness (QED) is 0.444. The van der Waals surface area contributed by atoms with Gasteiger partial charge in [0, 0.05) is 47.7 Å². The monoisotopic (exact) mass is 439 g/mol. The van der Waals surface area contributed by atoms with Crippen molar-refractivity contribution in [3.8, 4) is 22.6 Å². The molecule has 4 rings (SSSR count). The SMILES string of the molecule is CCOC(=O)c1c(COc2cccnc2)n(C)c2cc(-c3cccnc3)c(O)cc12.Cl. The second kappa shape index (κ2) is 9.49. The van der Waals surface area contributed by atoms with Crippen LogP contribution in [0.15, 0.2) is 61.2 Å². The first-order valence-corrected chi connectivity index (χ1v) is 9.54. The van der Waals surface area contributed by atoms with Crippen molar-refractivity contribution in [3.05, 3.63) is 72.4 Å².